The van der Waals surface area contributed by atoms with Crippen molar-refractivity contribution in [2.45, 2.75) is 32.7 Å². The molecule has 0 aromatic heterocycles. The maximum Gasteiger partial charge on any atom is 0.128 e. The van der Waals surface area contributed by atoms with Gasteiger partial charge in [0.25, 0.3) is 0 Å². The van der Waals surface area contributed by atoms with Crippen LogP contribution in [0.4, 0.5) is 8.78 Å². The summed E-state index contributed by atoms with van der Waals surface area (Å²) in [5.74, 6) is -0.471. The number of benzene rings is 1. The summed E-state index contributed by atoms with van der Waals surface area (Å²) < 4.78 is 33.2. The first-order valence-corrected chi connectivity index (χ1v) is 6.90. The minimum atomic E-state index is -0.349. The Hall–Kier alpha value is -1.00. The van der Waals surface area contributed by atoms with Gasteiger partial charge in [-0.1, -0.05) is 6.92 Å². The lowest BCUT2D eigenvalue weighted by Gasteiger charge is -2.25. The molecular formula is C15H21F2NO. The lowest BCUT2D eigenvalue weighted by Crippen LogP contribution is -2.30. The summed E-state index contributed by atoms with van der Waals surface area (Å²) in [6, 6.07) is 2.44. The molecule has 1 saturated heterocycles. The molecule has 0 spiro atoms. The number of hydrogen-bond donors (Lipinski definition) is 1. The molecule has 1 aliphatic heterocycles. The Morgan fingerprint density at radius 1 is 1.37 bits per heavy atom. The quantitative estimate of drug-likeness (QED) is 0.885. The van der Waals surface area contributed by atoms with Gasteiger partial charge in [-0.15, -0.1) is 0 Å². The van der Waals surface area contributed by atoms with Gasteiger partial charge in [0.15, 0.2) is 0 Å². The van der Waals surface area contributed by atoms with Gasteiger partial charge >= 0.3 is 0 Å². The van der Waals surface area contributed by atoms with Gasteiger partial charge in [0, 0.05) is 24.1 Å². The zero-order chi connectivity index (χ0) is 13.8. The number of halogens is 2. The summed E-state index contributed by atoms with van der Waals surface area (Å²) in [5, 5.41) is 3.33. The van der Waals surface area contributed by atoms with Crippen molar-refractivity contribution in [3.05, 3.63) is 34.9 Å². The molecule has 0 amide bonds. The summed E-state index contributed by atoms with van der Waals surface area (Å²) in [4.78, 5) is 0. The van der Waals surface area contributed by atoms with Crippen LogP contribution in [0, 0.1) is 24.5 Å². The molecule has 0 saturated carbocycles. The number of ether oxygens (including phenoxy) is 1. The van der Waals surface area contributed by atoms with Crippen LogP contribution in [-0.4, -0.2) is 19.8 Å². The van der Waals surface area contributed by atoms with E-state index in [2.05, 4.69) is 12.2 Å². The molecule has 1 fully saturated rings. The second-order valence-corrected chi connectivity index (χ2v) is 5.18. The average Bonchev–Trinajstić information content (AvgIpc) is 2.89. The van der Waals surface area contributed by atoms with Crippen LogP contribution in [0.1, 0.15) is 36.9 Å². The third kappa shape index (κ3) is 3.31. The molecule has 19 heavy (non-hydrogen) atoms. The van der Waals surface area contributed by atoms with E-state index >= 15 is 0 Å². The van der Waals surface area contributed by atoms with Crippen molar-refractivity contribution >= 4 is 0 Å². The first-order valence-electron chi connectivity index (χ1n) is 6.90. The van der Waals surface area contributed by atoms with Crippen LogP contribution in [0.2, 0.25) is 0 Å². The Balaban J connectivity index is 2.28. The van der Waals surface area contributed by atoms with Gasteiger partial charge in [0.05, 0.1) is 6.61 Å². The van der Waals surface area contributed by atoms with Gasteiger partial charge in [-0.05, 0) is 44.0 Å². The van der Waals surface area contributed by atoms with E-state index in [1.165, 1.54) is 12.1 Å². The zero-order valence-corrected chi connectivity index (χ0v) is 11.5. The third-order valence-corrected chi connectivity index (χ3v) is 3.66. The maximum absolute atomic E-state index is 14.1. The minimum Gasteiger partial charge on any atom is -0.381 e. The second-order valence-electron chi connectivity index (χ2n) is 5.18. The van der Waals surface area contributed by atoms with Gasteiger partial charge < -0.3 is 10.1 Å². The molecule has 0 aliphatic carbocycles. The fraction of sp³-hybridized carbons (Fsp3) is 0.600. The van der Waals surface area contributed by atoms with E-state index in [-0.39, 0.29) is 23.6 Å². The lowest BCUT2D eigenvalue weighted by atomic mass is 9.91. The highest BCUT2D eigenvalue weighted by Crippen LogP contribution is 2.31. The lowest BCUT2D eigenvalue weighted by molar-refractivity contribution is 0.176. The van der Waals surface area contributed by atoms with Crippen molar-refractivity contribution in [3.63, 3.8) is 0 Å². The van der Waals surface area contributed by atoms with Gasteiger partial charge in [0.1, 0.15) is 11.6 Å². The molecule has 2 unspecified atom stereocenters. The van der Waals surface area contributed by atoms with E-state index in [9.17, 15) is 8.78 Å². The Labute approximate surface area is 113 Å². The summed E-state index contributed by atoms with van der Waals surface area (Å²) in [7, 11) is 0. The predicted octanol–water partition coefficient (Wildman–Crippen LogP) is 3.35. The van der Waals surface area contributed by atoms with Crippen LogP contribution < -0.4 is 5.32 Å². The predicted molar refractivity (Wildman–Crippen MR) is 71.1 cm³/mol. The standard InChI is InChI=1S/C15H21F2NO/c1-3-5-18-15(11-4-6-19-9-11)12-8-13(16)10(2)7-14(12)17/h7-8,11,15,18H,3-6,9H2,1-2H3. The van der Waals surface area contributed by atoms with Gasteiger partial charge in [-0.2, -0.15) is 0 Å². The van der Waals surface area contributed by atoms with Crippen molar-refractivity contribution < 1.29 is 13.5 Å². The van der Waals surface area contributed by atoms with Crippen molar-refractivity contribution in [1.29, 1.82) is 0 Å². The van der Waals surface area contributed by atoms with Gasteiger partial charge in [-0.25, -0.2) is 8.78 Å². The maximum atomic E-state index is 14.1. The summed E-state index contributed by atoms with van der Waals surface area (Å²) in [5.41, 5.74) is 0.769. The fourth-order valence-electron chi connectivity index (χ4n) is 2.55. The number of hydrogen-bond acceptors (Lipinski definition) is 2. The molecule has 106 valence electrons. The van der Waals surface area contributed by atoms with Crippen LogP contribution in [-0.2, 0) is 4.74 Å². The summed E-state index contributed by atoms with van der Waals surface area (Å²) >= 11 is 0. The highest BCUT2D eigenvalue weighted by atomic mass is 19.1. The Morgan fingerprint density at radius 3 is 2.79 bits per heavy atom. The molecule has 2 nitrogen and oxygen atoms in total. The van der Waals surface area contributed by atoms with Crippen molar-refractivity contribution in [2.24, 2.45) is 5.92 Å². The molecule has 2 rings (SSSR count). The molecular weight excluding hydrogens is 248 g/mol. The molecule has 4 heteroatoms. The number of aryl methyl sites for hydroxylation is 1. The fourth-order valence-corrected chi connectivity index (χ4v) is 2.55. The highest BCUT2D eigenvalue weighted by Gasteiger charge is 2.29. The van der Waals surface area contributed by atoms with Gasteiger partial charge in [-0.3, -0.25) is 0 Å². The SMILES string of the molecule is CCCNC(c1cc(F)c(C)cc1F)C1CCOC1. The first kappa shape index (κ1) is 14.4. The smallest absolute Gasteiger partial charge is 0.128 e. The topological polar surface area (TPSA) is 21.3 Å². The van der Waals surface area contributed by atoms with Gasteiger partial charge in [0.2, 0.25) is 0 Å². The molecule has 0 bridgehead atoms. The van der Waals surface area contributed by atoms with Crippen LogP contribution in [0.5, 0.6) is 0 Å². The Kier molecular flexibility index (Phi) is 4.88. The molecule has 2 atom stereocenters. The van der Waals surface area contributed by atoms with Crippen molar-refractivity contribution in [3.8, 4) is 0 Å². The molecule has 0 radical (unpaired) electrons. The molecule has 1 aromatic carbocycles. The molecule has 1 heterocycles. The normalized spacial score (nSPS) is 20.7. The van der Waals surface area contributed by atoms with E-state index in [4.69, 9.17) is 4.74 Å². The summed E-state index contributed by atoms with van der Waals surface area (Å²) in [6.45, 7) is 5.73. The van der Waals surface area contributed by atoms with Crippen LogP contribution in [0.25, 0.3) is 0 Å². The van der Waals surface area contributed by atoms with Crippen LogP contribution in [0.15, 0.2) is 12.1 Å². The first-order chi connectivity index (χ1) is 9.13. The van der Waals surface area contributed by atoms with E-state index in [0.29, 0.717) is 24.3 Å². The van der Waals surface area contributed by atoms with E-state index in [1.54, 1.807) is 6.92 Å². The van der Waals surface area contributed by atoms with E-state index in [1.807, 2.05) is 0 Å². The minimum absolute atomic E-state index is 0.169. The van der Waals surface area contributed by atoms with Crippen LogP contribution in [0.3, 0.4) is 0 Å². The molecule has 1 aliphatic rings. The van der Waals surface area contributed by atoms with Crippen molar-refractivity contribution in [1.82, 2.24) is 5.32 Å². The van der Waals surface area contributed by atoms with E-state index in [0.717, 1.165) is 19.4 Å². The summed E-state index contributed by atoms with van der Waals surface area (Å²) in [6.07, 6.45) is 1.84. The largest absolute Gasteiger partial charge is 0.381 e. The monoisotopic (exact) mass is 269 g/mol. The molecule has 1 aromatic rings. The van der Waals surface area contributed by atoms with E-state index < -0.39 is 0 Å². The van der Waals surface area contributed by atoms with Crippen LogP contribution >= 0.6 is 0 Å². The number of rotatable bonds is 5. The average molecular weight is 269 g/mol. The Morgan fingerprint density at radius 2 is 2.16 bits per heavy atom. The zero-order valence-electron chi connectivity index (χ0n) is 11.5. The highest BCUT2D eigenvalue weighted by molar-refractivity contribution is 5.28. The Bertz CT molecular complexity index is 430. The third-order valence-electron chi connectivity index (χ3n) is 3.66. The van der Waals surface area contributed by atoms with Crippen molar-refractivity contribution in [2.75, 3.05) is 19.8 Å². The second kappa shape index (κ2) is 6.44. The number of nitrogens with one attached hydrogen (secondary N) is 1. The molecule has 1 N–H and O–H groups in total.